The molecule has 0 bridgehead atoms. The normalized spacial score (nSPS) is 20.0. The van der Waals surface area contributed by atoms with Crippen molar-refractivity contribution in [2.24, 2.45) is 5.92 Å². The minimum atomic E-state index is 0.657. The van der Waals surface area contributed by atoms with Crippen molar-refractivity contribution in [2.75, 3.05) is 38.3 Å². The molecule has 102 valence electrons. The fourth-order valence-electron chi connectivity index (χ4n) is 2.22. The standard InChI is InChI=1S/C13H23N3OS/c1-3-14-7-12-8-15-13(18-12)16(2)9-11-5-4-6-17-10-11/h8,11,14H,3-7,9-10H2,1-2H3. The average Bonchev–Trinajstić information content (AvgIpc) is 2.86. The van der Waals surface area contributed by atoms with E-state index in [0.29, 0.717) is 5.92 Å². The summed E-state index contributed by atoms with van der Waals surface area (Å²) in [5.41, 5.74) is 0. The monoisotopic (exact) mass is 269 g/mol. The molecule has 0 radical (unpaired) electrons. The van der Waals surface area contributed by atoms with Crippen LogP contribution in [0.4, 0.5) is 5.13 Å². The molecule has 1 atom stereocenters. The van der Waals surface area contributed by atoms with Crippen LogP contribution < -0.4 is 10.2 Å². The van der Waals surface area contributed by atoms with Crippen molar-refractivity contribution in [1.29, 1.82) is 0 Å². The van der Waals surface area contributed by atoms with Gasteiger partial charge < -0.3 is 15.0 Å². The van der Waals surface area contributed by atoms with Gasteiger partial charge in [-0.3, -0.25) is 0 Å². The number of aromatic nitrogens is 1. The quantitative estimate of drug-likeness (QED) is 0.858. The van der Waals surface area contributed by atoms with E-state index in [1.54, 1.807) is 11.3 Å². The van der Waals surface area contributed by atoms with E-state index < -0.39 is 0 Å². The second-order valence-corrected chi connectivity index (χ2v) is 5.95. The summed E-state index contributed by atoms with van der Waals surface area (Å²) in [4.78, 5) is 8.07. The van der Waals surface area contributed by atoms with Crippen molar-refractivity contribution in [2.45, 2.75) is 26.3 Å². The van der Waals surface area contributed by atoms with Gasteiger partial charge in [-0.25, -0.2) is 4.98 Å². The van der Waals surface area contributed by atoms with Crippen molar-refractivity contribution in [3.63, 3.8) is 0 Å². The number of ether oxygens (including phenoxy) is 1. The zero-order chi connectivity index (χ0) is 12.8. The van der Waals surface area contributed by atoms with E-state index in [9.17, 15) is 0 Å². The molecule has 1 aromatic rings. The average molecular weight is 269 g/mol. The number of anilines is 1. The zero-order valence-electron chi connectivity index (χ0n) is 11.3. The predicted octanol–water partition coefficient (Wildman–Crippen LogP) is 2.12. The van der Waals surface area contributed by atoms with E-state index in [0.717, 1.165) is 38.0 Å². The van der Waals surface area contributed by atoms with Gasteiger partial charge in [-0.1, -0.05) is 6.92 Å². The van der Waals surface area contributed by atoms with Crippen LogP contribution in [0.2, 0.25) is 0 Å². The van der Waals surface area contributed by atoms with E-state index in [1.165, 1.54) is 17.7 Å². The first kappa shape index (κ1) is 13.8. The Morgan fingerprint density at radius 3 is 3.22 bits per heavy atom. The lowest BCUT2D eigenvalue weighted by atomic mass is 10.0. The van der Waals surface area contributed by atoms with Crippen LogP contribution in [-0.2, 0) is 11.3 Å². The van der Waals surface area contributed by atoms with Gasteiger partial charge in [-0.15, -0.1) is 11.3 Å². The molecule has 0 spiro atoms. The topological polar surface area (TPSA) is 37.4 Å². The number of hydrogen-bond donors (Lipinski definition) is 1. The summed E-state index contributed by atoms with van der Waals surface area (Å²) in [6.45, 7) is 6.94. The van der Waals surface area contributed by atoms with Crippen molar-refractivity contribution < 1.29 is 4.74 Å². The Bertz CT molecular complexity index is 350. The Hall–Kier alpha value is -0.650. The van der Waals surface area contributed by atoms with Gasteiger partial charge in [0.25, 0.3) is 0 Å². The highest BCUT2D eigenvalue weighted by molar-refractivity contribution is 7.15. The molecule has 0 aromatic carbocycles. The van der Waals surface area contributed by atoms with Gasteiger partial charge in [0.05, 0.1) is 6.61 Å². The number of rotatable bonds is 6. The third-order valence-corrected chi connectivity index (χ3v) is 4.32. The number of thiazole rings is 1. The first-order chi connectivity index (χ1) is 8.79. The molecule has 5 heteroatoms. The van der Waals surface area contributed by atoms with Crippen molar-refractivity contribution in [3.05, 3.63) is 11.1 Å². The molecule has 0 saturated carbocycles. The Morgan fingerprint density at radius 2 is 2.50 bits per heavy atom. The van der Waals surface area contributed by atoms with Crippen LogP contribution in [0.25, 0.3) is 0 Å². The summed E-state index contributed by atoms with van der Waals surface area (Å²) >= 11 is 1.78. The fourth-order valence-corrected chi connectivity index (χ4v) is 3.07. The second-order valence-electron chi connectivity index (χ2n) is 4.85. The van der Waals surface area contributed by atoms with E-state index >= 15 is 0 Å². The summed E-state index contributed by atoms with van der Waals surface area (Å²) in [7, 11) is 2.13. The SMILES string of the molecule is CCNCc1cnc(N(C)CC2CCCOC2)s1. The van der Waals surface area contributed by atoms with Crippen molar-refractivity contribution in [3.8, 4) is 0 Å². The van der Waals surface area contributed by atoms with Gasteiger partial charge in [0.15, 0.2) is 5.13 Å². The van der Waals surface area contributed by atoms with E-state index in [1.807, 2.05) is 6.20 Å². The van der Waals surface area contributed by atoms with Crippen LogP contribution in [0.5, 0.6) is 0 Å². The Morgan fingerprint density at radius 1 is 1.61 bits per heavy atom. The highest BCUT2D eigenvalue weighted by Gasteiger charge is 2.17. The molecule has 4 nitrogen and oxygen atoms in total. The molecule has 1 N–H and O–H groups in total. The molecule has 1 unspecified atom stereocenters. The fraction of sp³-hybridized carbons (Fsp3) is 0.769. The Labute approximate surface area is 113 Å². The van der Waals surface area contributed by atoms with Gasteiger partial charge in [0.2, 0.25) is 0 Å². The second kappa shape index (κ2) is 7.07. The highest BCUT2D eigenvalue weighted by atomic mass is 32.1. The number of hydrogen-bond acceptors (Lipinski definition) is 5. The van der Waals surface area contributed by atoms with Crippen LogP contribution in [0, 0.1) is 5.92 Å². The molecule has 2 heterocycles. The lowest BCUT2D eigenvalue weighted by Crippen LogP contribution is -2.30. The van der Waals surface area contributed by atoms with E-state index in [-0.39, 0.29) is 0 Å². The minimum Gasteiger partial charge on any atom is -0.381 e. The maximum atomic E-state index is 5.52. The van der Waals surface area contributed by atoms with Crippen LogP contribution in [0.3, 0.4) is 0 Å². The lowest BCUT2D eigenvalue weighted by Gasteiger charge is -2.26. The first-order valence-electron chi connectivity index (χ1n) is 6.74. The summed E-state index contributed by atoms with van der Waals surface area (Å²) < 4.78 is 5.52. The van der Waals surface area contributed by atoms with E-state index in [2.05, 4.69) is 29.2 Å². The molecular formula is C13H23N3OS. The van der Waals surface area contributed by atoms with Gasteiger partial charge in [0, 0.05) is 37.8 Å². The molecule has 1 aromatic heterocycles. The zero-order valence-corrected chi connectivity index (χ0v) is 12.1. The third kappa shape index (κ3) is 3.93. The van der Waals surface area contributed by atoms with Crippen LogP contribution in [0.1, 0.15) is 24.6 Å². The first-order valence-corrected chi connectivity index (χ1v) is 7.55. The van der Waals surface area contributed by atoms with Gasteiger partial charge in [0.1, 0.15) is 0 Å². The summed E-state index contributed by atoms with van der Waals surface area (Å²) in [6, 6.07) is 0. The minimum absolute atomic E-state index is 0.657. The molecular weight excluding hydrogens is 246 g/mol. The molecule has 0 amide bonds. The summed E-state index contributed by atoms with van der Waals surface area (Å²) in [6.07, 6.45) is 4.46. The maximum Gasteiger partial charge on any atom is 0.185 e. The predicted molar refractivity (Wildman–Crippen MR) is 76.3 cm³/mol. The molecule has 1 aliphatic heterocycles. The lowest BCUT2D eigenvalue weighted by molar-refractivity contribution is 0.0576. The highest BCUT2D eigenvalue weighted by Crippen LogP contribution is 2.23. The number of nitrogens with zero attached hydrogens (tertiary/aromatic N) is 2. The Kier molecular flexibility index (Phi) is 5.41. The van der Waals surface area contributed by atoms with Crippen LogP contribution >= 0.6 is 11.3 Å². The summed E-state index contributed by atoms with van der Waals surface area (Å²) in [5.74, 6) is 0.657. The molecule has 18 heavy (non-hydrogen) atoms. The molecule has 2 rings (SSSR count). The van der Waals surface area contributed by atoms with Gasteiger partial charge in [-0.2, -0.15) is 0 Å². The van der Waals surface area contributed by atoms with Crippen LogP contribution in [0.15, 0.2) is 6.20 Å². The molecule has 1 aliphatic rings. The van der Waals surface area contributed by atoms with E-state index in [4.69, 9.17) is 4.74 Å². The largest absolute Gasteiger partial charge is 0.381 e. The molecule has 1 saturated heterocycles. The summed E-state index contributed by atoms with van der Waals surface area (Å²) in [5, 5.41) is 4.45. The maximum absolute atomic E-state index is 5.52. The smallest absolute Gasteiger partial charge is 0.185 e. The molecule has 0 aliphatic carbocycles. The molecule has 1 fully saturated rings. The third-order valence-electron chi connectivity index (χ3n) is 3.20. The van der Waals surface area contributed by atoms with Crippen molar-refractivity contribution >= 4 is 16.5 Å². The Balaban J connectivity index is 1.83. The van der Waals surface area contributed by atoms with Crippen molar-refractivity contribution in [1.82, 2.24) is 10.3 Å². The van der Waals surface area contributed by atoms with Crippen LogP contribution in [-0.4, -0.2) is 38.3 Å². The van der Waals surface area contributed by atoms with Gasteiger partial charge >= 0.3 is 0 Å². The van der Waals surface area contributed by atoms with Gasteiger partial charge in [-0.05, 0) is 25.3 Å². The number of nitrogens with one attached hydrogen (secondary N) is 1.